The Kier molecular flexibility index (Phi) is 4.99. The Morgan fingerprint density at radius 2 is 2.26 bits per heavy atom. The highest BCUT2D eigenvalue weighted by atomic mass is 16.5. The summed E-state index contributed by atoms with van der Waals surface area (Å²) in [5, 5.41) is 3.61. The van der Waals surface area contributed by atoms with Gasteiger partial charge in [-0.2, -0.15) is 0 Å². The molecule has 0 radical (unpaired) electrons. The molecule has 1 N–H and O–H groups in total. The third-order valence-electron chi connectivity index (χ3n) is 4.34. The summed E-state index contributed by atoms with van der Waals surface area (Å²) in [5.74, 6) is 1.18. The molecule has 1 saturated carbocycles. The Labute approximate surface area is 116 Å². The molecule has 19 heavy (non-hydrogen) atoms. The first-order valence-electron chi connectivity index (χ1n) is 7.54. The van der Waals surface area contributed by atoms with Crippen molar-refractivity contribution in [2.24, 2.45) is 0 Å². The van der Waals surface area contributed by atoms with Gasteiger partial charge in [-0.05, 0) is 32.2 Å². The minimum absolute atomic E-state index is 0.0268. The minimum Gasteiger partial charge on any atom is -0.377 e. The van der Waals surface area contributed by atoms with Crippen LogP contribution in [0.4, 0.5) is 0 Å². The summed E-state index contributed by atoms with van der Waals surface area (Å²) in [6.07, 6.45) is 9.69. The van der Waals surface area contributed by atoms with E-state index in [-0.39, 0.29) is 5.60 Å². The molecule has 4 heteroatoms. The first kappa shape index (κ1) is 14.5. The quantitative estimate of drug-likeness (QED) is 0.784. The monoisotopic (exact) mass is 265 g/mol. The number of hydrogen-bond acceptors (Lipinski definition) is 3. The lowest BCUT2D eigenvalue weighted by molar-refractivity contribution is -0.0982. The average Bonchev–Trinajstić information content (AvgIpc) is 2.77. The zero-order valence-electron chi connectivity index (χ0n) is 12.5. The first-order valence-corrected chi connectivity index (χ1v) is 7.54. The Morgan fingerprint density at radius 3 is 2.79 bits per heavy atom. The van der Waals surface area contributed by atoms with Crippen molar-refractivity contribution in [3.63, 3.8) is 0 Å². The maximum atomic E-state index is 5.84. The second-order valence-corrected chi connectivity index (χ2v) is 5.47. The van der Waals surface area contributed by atoms with Crippen molar-refractivity contribution in [1.29, 1.82) is 0 Å². The van der Waals surface area contributed by atoms with Crippen molar-refractivity contribution >= 4 is 0 Å². The van der Waals surface area contributed by atoms with E-state index in [0.29, 0.717) is 6.04 Å². The van der Waals surface area contributed by atoms with Crippen LogP contribution in [0.3, 0.4) is 0 Å². The molecule has 2 rings (SSSR count). The maximum absolute atomic E-state index is 5.84. The standard InChI is InChI=1S/C15H27N3O/c1-4-10-18-11-9-17-14(18)12-13(16-5-2)15(19-3)7-6-8-15/h9,11,13,16H,4-8,10,12H2,1-3H3. The number of nitrogens with zero attached hydrogens (tertiary/aromatic N) is 2. The molecule has 1 heterocycles. The Morgan fingerprint density at radius 1 is 1.47 bits per heavy atom. The highest BCUT2D eigenvalue weighted by Crippen LogP contribution is 2.39. The molecule has 0 spiro atoms. The van der Waals surface area contributed by atoms with Gasteiger partial charge in [0.25, 0.3) is 0 Å². The van der Waals surface area contributed by atoms with Gasteiger partial charge in [0, 0.05) is 38.5 Å². The van der Waals surface area contributed by atoms with Gasteiger partial charge in [-0.3, -0.25) is 0 Å². The molecule has 1 fully saturated rings. The van der Waals surface area contributed by atoms with Gasteiger partial charge in [-0.15, -0.1) is 0 Å². The van der Waals surface area contributed by atoms with Crippen molar-refractivity contribution in [2.75, 3.05) is 13.7 Å². The summed E-state index contributed by atoms with van der Waals surface area (Å²) in [7, 11) is 1.85. The highest BCUT2D eigenvalue weighted by molar-refractivity contribution is 5.05. The van der Waals surface area contributed by atoms with Crippen LogP contribution in [0.25, 0.3) is 0 Å². The van der Waals surface area contributed by atoms with Crippen molar-refractivity contribution in [3.05, 3.63) is 18.2 Å². The van der Waals surface area contributed by atoms with Gasteiger partial charge in [0.15, 0.2) is 0 Å². The summed E-state index contributed by atoms with van der Waals surface area (Å²) >= 11 is 0. The number of aromatic nitrogens is 2. The molecule has 0 aliphatic heterocycles. The number of rotatable bonds is 8. The molecule has 0 aromatic carbocycles. The maximum Gasteiger partial charge on any atom is 0.110 e. The summed E-state index contributed by atoms with van der Waals surface area (Å²) in [6, 6.07) is 0.370. The van der Waals surface area contributed by atoms with E-state index >= 15 is 0 Å². The summed E-state index contributed by atoms with van der Waals surface area (Å²) in [6.45, 7) is 6.39. The van der Waals surface area contributed by atoms with E-state index in [1.54, 1.807) is 0 Å². The summed E-state index contributed by atoms with van der Waals surface area (Å²) < 4.78 is 8.11. The highest BCUT2D eigenvalue weighted by Gasteiger charge is 2.44. The van der Waals surface area contributed by atoms with E-state index < -0.39 is 0 Å². The molecule has 1 aromatic heterocycles. The van der Waals surface area contributed by atoms with Gasteiger partial charge >= 0.3 is 0 Å². The molecule has 0 amide bonds. The predicted octanol–water partition coefficient (Wildman–Crippen LogP) is 2.38. The molecule has 1 aliphatic carbocycles. The van der Waals surface area contributed by atoms with Gasteiger partial charge < -0.3 is 14.6 Å². The van der Waals surface area contributed by atoms with Gasteiger partial charge in [0.05, 0.1) is 5.60 Å². The van der Waals surface area contributed by atoms with Crippen LogP contribution >= 0.6 is 0 Å². The molecule has 0 saturated heterocycles. The lowest BCUT2D eigenvalue weighted by Gasteiger charge is -2.46. The van der Waals surface area contributed by atoms with E-state index in [2.05, 4.69) is 34.9 Å². The molecule has 1 unspecified atom stereocenters. The van der Waals surface area contributed by atoms with Crippen LogP contribution < -0.4 is 5.32 Å². The van der Waals surface area contributed by atoms with Crippen molar-refractivity contribution in [3.8, 4) is 0 Å². The fourth-order valence-corrected chi connectivity index (χ4v) is 3.07. The topological polar surface area (TPSA) is 39.1 Å². The van der Waals surface area contributed by atoms with Gasteiger partial charge in [-0.25, -0.2) is 4.98 Å². The predicted molar refractivity (Wildman–Crippen MR) is 77.3 cm³/mol. The molecular weight excluding hydrogens is 238 g/mol. The van der Waals surface area contributed by atoms with Crippen LogP contribution in [-0.2, 0) is 17.7 Å². The summed E-state index contributed by atoms with van der Waals surface area (Å²) in [4.78, 5) is 4.53. The van der Waals surface area contributed by atoms with Crippen LogP contribution in [0, 0.1) is 0 Å². The van der Waals surface area contributed by atoms with E-state index in [1.165, 1.54) is 12.2 Å². The normalized spacial score (nSPS) is 19.1. The first-order chi connectivity index (χ1) is 9.25. The van der Waals surface area contributed by atoms with Crippen molar-refractivity contribution in [2.45, 2.75) is 64.1 Å². The van der Waals surface area contributed by atoms with Gasteiger partial charge in [0.2, 0.25) is 0 Å². The van der Waals surface area contributed by atoms with Crippen molar-refractivity contribution < 1.29 is 4.74 Å². The molecule has 108 valence electrons. The number of likely N-dealkylation sites (N-methyl/N-ethyl adjacent to an activating group) is 1. The second kappa shape index (κ2) is 6.53. The molecule has 1 aliphatic rings. The number of ether oxygens (including phenoxy) is 1. The van der Waals surface area contributed by atoms with Crippen LogP contribution in [0.2, 0.25) is 0 Å². The second-order valence-electron chi connectivity index (χ2n) is 5.47. The van der Waals surface area contributed by atoms with Gasteiger partial charge in [-0.1, -0.05) is 13.8 Å². The molecule has 4 nitrogen and oxygen atoms in total. The van der Waals surface area contributed by atoms with Crippen LogP contribution in [-0.4, -0.2) is 34.8 Å². The molecule has 1 atom stereocenters. The number of nitrogens with one attached hydrogen (secondary N) is 1. The third-order valence-corrected chi connectivity index (χ3v) is 4.34. The van der Waals surface area contributed by atoms with Gasteiger partial charge in [0.1, 0.15) is 5.82 Å². The zero-order chi connectivity index (χ0) is 13.7. The SMILES string of the molecule is CCCn1ccnc1CC(NCC)C1(OC)CCC1. The summed E-state index contributed by atoms with van der Waals surface area (Å²) in [5.41, 5.74) is 0.0268. The fraction of sp³-hybridized carbons (Fsp3) is 0.800. The number of imidazole rings is 1. The van der Waals surface area contributed by atoms with E-state index in [9.17, 15) is 0 Å². The minimum atomic E-state index is 0.0268. The number of methoxy groups -OCH3 is 1. The van der Waals surface area contributed by atoms with Crippen LogP contribution in [0.1, 0.15) is 45.4 Å². The third kappa shape index (κ3) is 3.00. The van der Waals surface area contributed by atoms with Crippen LogP contribution in [0.15, 0.2) is 12.4 Å². The number of aryl methyl sites for hydroxylation is 1. The van der Waals surface area contributed by atoms with Crippen molar-refractivity contribution in [1.82, 2.24) is 14.9 Å². The Bertz CT molecular complexity index is 379. The fourth-order valence-electron chi connectivity index (χ4n) is 3.07. The smallest absolute Gasteiger partial charge is 0.110 e. The average molecular weight is 265 g/mol. The Hall–Kier alpha value is -0.870. The molecular formula is C15H27N3O. The lowest BCUT2D eigenvalue weighted by atomic mass is 9.73. The molecule has 1 aromatic rings. The number of hydrogen-bond donors (Lipinski definition) is 1. The lowest BCUT2D eigenvalue weighted by Crippen LogP contribution is -2.57. The van der Waals surface area contributed by atoms with E-state index in [4.69, 9.17) is 4.74 Å². The zero-order valence-corrected chi connectivity index (χ0v) is 12.5. The molecule has 0 bridgehead atoms. The van der Waals surface area contributed by atoms with Crippen LogP contribution in [0.5, 0.6) is 0 Å². The van der Waals surface area contributed by atoms with E-state index in [0.717, 1.165) is 38.8 Å². The largest absolute Gasteiger partial charge is 0.377 e. The Balaban J connectivity index is 2.09. The van der Waals surface area contributed by atoms with E-state index in [1.807, 2.05) is 13.3 Å².